The lowest BCUT2D eigenvalue weighted by molar-refractivity contribution is 0.0996. The van der Waals surface area contributed by atoms with Gasteiger partial charge in [-0.15, -0.1) is 0 Å². The van der Waals surface area contributed by atoms with Gasteiger partial charge < -0.3 is 10.4 Å². The number of anilines is 1. The average Bonchev–Trinajstić information content (AvgIpc) is 2.16. The first-order chi connectivity index (χ1) is 7.05. The van der Waals surface area contributed by atoms with E-state index in [0.717, 1.165) is 9.39 Å². The van der Waals surface area contributed by atoms with Gasteiger partial charge in [0.25, 0.3) is 0 Å². The fourth-order valence-electron chi connectivity index (χ4n) is 1.08. The maximum absolute atomic E-state index is 9.94. The molecule has 1 unspecified atom stereocenters. The summed E-state index contributed by atoms with van der Waals surface area (Å²) in [6.07, 6.45) is 5.20. The van der Waals surface area contributed by atoms with Gasteiger partial charge in [0.05, 0.1) is 9.17 Å². The zero-order chi connectivity index (χ0) is 11.3. The molecule has 1 aromatic heterocycles. The molecular formula is C9H14IN3OS. The molecule has 0 amide bonds. The van der Waals surface area contributed by atoms with Crippen molar-refractivity contribution >= 4 is 40.2 Å². The molecular weight excluding hydrogens is 325 g/mol. The first kappa shape index (κ1) is 13.0. The van der Waals surface area contributed by atoms with Crippen LogP contribution in [0.2, 0.25) is 0 Å². The third-order valence-electron chi connectivity index (χ3n) is 1.76. The van der Waals surface area contributed by atoms with Crippen molar-refractivity contribution in [2.24, 2.45) is 0 Å². The van der Waals surface area contributed by atoms with Crippen molar-refractivity contribution in [3.05, 3.63) is 16.1 Å². The van der Waals surface area contributed by atoms with Crippen LogP contribution in [0.3, 0.4) is 0 Å². The Labute approximate surface area is 107 Å². The number of thioether (sulfide) groups is 1. The molecule has 6 heteroatoms. The number of hydrogen-bond donors (Lipinski definition) is 2. The van der Waals surface area contributed by atoms with Gasteiger partial charge in [0.15, 0.2) is 0 Å². The largest absolute Gasteiger partial charge is 0.387 e. The van der Waals surface area contributed by atoms with Gasteiger partial charge >= 0.3 is 0 Å². The van der Waals surface area contributed by atoms with E-state index in [4.69, 9.17) is 0 Å². The molecule has 0 spiro atoms. The van der Waals surface area contributed by atoms with Crippen LogP contribution in [0.15, 0.2) is 12.5 Å². The molecule has 15 heavy (non-hydrogen) atoms. The Kier molecular flexibility index (Phi) is 5.07. The molecule has 0 aliphatic carbocycles. The number of aliphatic hydroxyl groups is 1. The van der Waals surface area contributed by atoms with Crippen LogP contribution < -0.4 is 5.32 Å². The standard InChI is InChI=1S/C9H14IN3OS/c1-9(14,5-15-2)4-12-8-7(10)3-11-6-13-8/h3,6,14H,4-5H2,1-2H3,(H,11,12,13). The topological polar surface area (TPSA) is 58.0 Å². The minimum Gasteiger partial charge on any atom is -0.387 e. The summed E-state index contributed by atoms with van der Waals surface area (Å²) in [6, 6.07) is 0. The highest BCUT2D eigenvalue weighted by molar-refractivity contribution is 14.1. The van der Waals surface area contributed by atoms with E-state index >= 15 is 0 Å². The lowest BCUT2D eigenvalue weighted by atomic mass is 10.1. The van der Waals surface area contributed by atoms with Crippen molar-refractivity contribution < 1.29 is 5.11 Å². The van der Waals surface area contributed by atoms with Gasteiger partial charge in [-0.25, -0.2) is 9.97 Å². The normalized spacial score (nSPS) is 14.7. The Morgan fingerprint density at radius 2 is 2.40 bits per heavy atom. The summed E-state index contributed by atoms with van der Waals surface area (Å²) >= 11 is 3.78. The molecule has 0 fully saturated rings. The second kappa shape index (κ2) is 5.86. The average molecular weight is 339 g/mol. The number of rotatable bonds is 5. The zero-order valence-electron chi connectivity index (χ0n) is 8.70. The highest BCUT2D eigenvalue weighted by atomic mass is 127. The van der Waals surface area contributed by atoms with E-state index in [1.165, 1.54) is 6.33 Å². The summed E-state index contributed by atoms with van der Waals surface area (Å²) in [6.45, 7) is 2.30. The fourth-order valence-corrected chi connectivity index (χ4v) is 2.29. The zero-order valence-corrected chi connectivity index (χ0v) is 11.7. The number of halogens is 1. The van der Waals surface area contributed by atoms with E-state index in [2.05, 4.69) is 37.9 Å². The molecule has 0 aliphatic heterocycles. The van der Waals surface area contributed by atoms with Gasteiger partial charge in [-0.1, -0.05) is 0 Å². The molecule has 0 aliphatic rings. The molecule has 1 rings (SSSR count). The van der Waals surface area contributed by atoms with Crippen molar-refractivity contribution in [1.82, 2.24) is 9.97 Å². The van der Waals surface area contributed by atoms with E-state index in [1.54, 1.807) is 18.0 Å². The first-order valence-electron chi connectivity index (χ1n) is 4.46. The second-order valence-electron chi connectivity index (χ2n) is 3.50. The molecule has 1 heterocycles. The van der Waals surface area contributed by atoms with Gasteiger partial charge in [-0.05, 0) is 35.8 Å². The summed E-state index contributed by atoms with van der Waals surface area (Å²) < 4.78 is 0.954. The molecule has 0 bridgehead atoms. The highest BCUT2D eigenvalue weighted by Crippen LogP contribution is 2.15. The number of aromatic nitrogens is 2. The highest BCUT2D eigenvalue weighted by Gasteiger charge is 2.19. The van der Waals surface area contributed by atoms with Crippen molar-refractivity contribution in [2.75, 3.05) is 23.9 Å². The monoisotopic (exact) mass is 339 g/mol. The molecule has 0 saturated carbocycles. The van der Waals surface area contributed by atoms with E-state index < -0.39 is 5.60 Å². The van der Waals surface area contributed by atoms with Crippen LogP contribution in [-0.2, 0) is 0 Å². The van der Waals surface area contributed by atoms with Crippen molar-refractivity contribution in [2.45, 2.75) is 12.5 Å². The Hall–Kier alpha value is -0.0800. The quantitative estimate of drug-likeness (QED) is 0.799. The van der Waals surface area contributed by atoms with Crippen molar-refractivity contribution in [3.63, 3.8) is 0 Å². The lowest BCUT2D eigenvalue weighted by Gasteiger charge is -2.22. The van der Waals surface area contributed by atoms with Gasteiger partial charge in [0, 0.05) is 18.5 Å². The number of nitrogens with one attached hydrogen (secondary N) is 1. The van der Waals surface area contributed by atoms with Gasteiger partial charge in [-0.2, -0.15) is 11.8 Å². The number of hydrogen-bond acceptors (Lipinski definition) is 5. The van der Waals surface area contributed by atoms with E-state index in [1.807, 2.05) is 13.2 Å². The Bertz CT molecular complexity index is 322. The van der Waals surface area contributed by atoms with Crippen LogP contribution in [0, 0.1) is 3.57 Å². The molecule has 0 radical (unpaired) electrons. The second-order valence-corrected chi connectivity index (χ2v) is 5.53. The molecule has 4 nitrogen and oxygen atoms in total. The Morgan fingerprint density at radius 3 is 3.00 bits per heavy atom. The van der Waals surface area contributed by atoms with Gasteiger partial charge in [0.2, 0.25) is 0 Å². The minimum atomic E-state index is -0.715. The van der Waals surface area contributed by atoms with Crippen LogP contribution in [0.25, 0.3) is 0 Å². The predicted molar refractivity (Wildman–Crippen MR) is 72.2 cm³/mol. The number of nitrogens with zero attached hydrogens (tertiary/aromatic N) is 2. The summed E-state index contributed by atoms with van der Waals surface area (Å²) in [4.78, 5) is 7.99. The van der Waals surface area contributed by atoms with Crippen molar-refractivity contribution in [1.29, 1.82) is 0 Å². The Balaban J connectivity index is 2.53. The maximum Gasteiger partial charge on any atom is 0.142 e. The molecule has 1 aromatic rings. The first-order valence-corrected chi connectivity index (χ1v) is 6.93. The summed E-state index contributed by atoms with van der Waals surface area (Å²) in [5.74, 6) is 1.47. The van der Waals surface area contributed by atoms with Gasteiger partial charge in [0.1, 0.15) is 12.1 Å². The summed E-state index contributed by atoms with van der Waals surface area (Å²) in [7, 11) is 0. The van der Waals surface area contributed by atoms with Crippen molar-refractivity contribution in [3.8, 4) is 0 Å². The molecule has 84 valence electrons. The van der Waals surface area contributed by atoms with E-state index in [9.17, 15) is 5.11 Å². The molecule has 0 saturated heterocycles. The van der Waals surface area contributed by atoms with Crippen LogP contribution >= 0.6 is 34.4 Å². The fraction of sp³-hybridized carbons (Fsp3) is 0.556. The molecule has 1 atom stereocenters. The van der Waals surface area contributed by atoms with Gasteiger partial charge in [-0.3, -0.25) is 0 Å². The van der Waals surface area contributed by atoms with Crippen LogP contribution in [-0.4, -0.2) is 39.2 Å². The van der Waals surface area contributed by atoms with E-state index in [-0.39, 0.29) is 0 Å². The SMILES string of the molecule is CSCC(C)(O)CNc1ncncc1I. The van der Waals surface area contributed by atoms with Crippen LogP contribution in [0.1, 0.15) is 6.92 Å². The van der Waals surface area contributed by atoms with Crippen LogP contribution in [0.5, 0.6) is 0 Å². The molecule has 2 N–H and O–H groups in total. The van der Waals surface area contributed by atoms with Crippen LogP contribution in [0.4, 0.5) is 5.82 Å². The van der Waals surface area contributed by atoms with E-state index in [0.29, 0.717) is 12.3 Å². The third-order valence-corrected chi connectivity index (χ3v) is 3.46. The Morgan fingerprint density at radius 1 is 1.67 bits per heavy atom. The molecule has 0 aromatic carbocycles. The predicted octanol–water partition coefficient (Wildman–Crippen LogP) is 1.61. The summed E-state index contributed by atoms with van der Waals surface area (Å²) in [5.41, 5.74) is -0.715. The summed E-state index contributed by atoms with van der Waals surface area (Å²) in [5, 5.41) is 13.1. The maximum atomic E-state index is 9.94. The minimum absolute atomic E-state index is 0.487. The smallest absolute Gasteiger partial charge is 0.142 e. The third kappa shape index (κ3) is 4.52. The lowest BCUT2D eigenvalue weighted by Crippen LogP contribution is -2.36.